The zero-order chi connectivity index (χ0) is 13.4. The Bertz CT molecular complexity index is 707. The van der Waals surface area contributed by atoms with Crippen molar-refractivity contribution in [3.8, 4) is 0 Å². The molecule has 0 aromatic carbocycles. The second kappa shape index (κ2) is 4.41. The number of rotatable bonds is 3. The third-order valence-electron chi connectivity index (χ3n) is 3.08. The Hall–Kier alpha value is -1.89. The summed E-state index contributed by atoms with van der Waals surface area (Å²) >= 11 is 0. The predicted molar refractivity (Wildman–Crippen MR) is 68.4 cm³/mol. The van der Waals surface area contributed by atoms with Crippen LogP contribution in [-0.4, -0.2) is 18.7 Å². The molecule has 0 amide bonds. The van der Waals surface area contributed by atoms with Crippen LogP contribution in [0.3, 0.4) is 0 Å². The molecule has 2 aromatic heterocycles. The topological polar surface area (TPSA) is 87.8 Å². The van der Waals surface area contributed by atoms with Gasteiger partial charge < -0.3 is 10.3 Å². The SMILES string of the molecule is CCCn1c(=O)n(C)c(=O)c2c1nc(CN)n2C. The minimum absolute atomic E-state index is 0.231. The molecule has 0 bridgehead atoms. The second-order valence-corrected chi connectivity index (χ2v) is 4.26. The van der Waals surface area contributed by atoms with E-state index in [9.17, 15) is 9.59 Å². The molecule has 2 rings (SSSR count). The first-order valence-corrected chi connectivity index (χ1v) is 5.88. The van der Waals surface area contributed by atoms with Crippen molar-refractivity contribution in [2.45, 2.75) is 26.4 Å². The molecule has 0 saturated heterocycles. The van der Waals surface area contributed by atoms with Crippen LogP contribution in [0.5, 0.6) is 0 Å². The lowest BCUT2D eigenvalue weighted by atomic mass is 10.4. The van der Waals surface area contributed by atoms with Crippen molar-refractivity contribution in [2.75, 3.05) is 0 Å². The highest BCUT2D eigenvalue weighted by Crippen LogP contribution is 2.09. The van der Waals surface area contributed by atoms with Crippen molar-refractivity contribution >= 4 is 11.2 Å². The Balaban J connectivity index is 3.00. The summed E-state index contributed by atoms with van der Waals surface area (Å²) in [4.78, 5) is 28.5. The molecule has 0 radical (unpaired) electrons. The summed E-state index contributed by atoms with van der Waals surface area (Å²) in [5.41, 5.74) is 5.76. The van der Waals surface area contributed by atoms with E-state index in [0.29, 0.717) is 23.5 Å². The largest absolute Gasteiger partial charge is 0.332 e. The summed E-state index contributed by atoms with van der Waals surface area (Å²) in [6, 6.07) is 0. The number of nitrogens with two attached hydrogens (primary N) is 1. The molecule has 0 aliphatic rings. The fourth-order valence-corrected chi connectivity index (χ4v) is 2.08. The highest BCUT2D eigenvalue weighted by Gasteiger charge is 2.17. The maximum atomic E-state index is 12.1. The van der Waals surface area contributed by atoms with E-state index in [4.69, 9.17) is 5.73 Å². The van der Waals surface area contributed by atoms with Gasteiger partial charge in [0.05, 0.1) is 6.54 Å². The molecule has 18 heavy (non-hydrogen) atoms. The summed E-state index contributed by atoms with van der Waals surface area (Å²) in [5, 5.41) is 0. The minimum atomic E-state index is -0.337. The number of aryl methyl sites for hydroxylation is 2. The lowest BCUT2D eigenvalue weighted by molar-refractivity contribution is 0.610. The average Bonchev–Trinajstić information content (AvgIpc) is 2.69. The molecule has 7 nitrogen and oxygen atoms in total. The van der Waals surface area contributed by atoms with E-state index in [1.807, 2.05) is 6.92 Å². The van der Waals surface area contributed by atoms with Gasteiger partial charge in [0.1, 0.15) is 5.82 Å². The van der Waals surface area contributed by atoms with E-state index in [0.717, 1.165) is 11.0 Å². The highest BCUT2D eigenvalue weighted by molar-refractivity contribution is 5.70. The first kappa shape index (κ1) is 12.6. The number of hydrogen-bond acceptors (Lipinski definition) is 4. The van der Waals surface area contributed by atoms with Gasteiger partial charge in [-0.25, -0.2) is 9.78 Å². The van der Waals surface area contributed by atoms with E-state index >= 15 is 0 Å². The van der Waals surface area contributed by atoms with E-state index in [2.05, 4.69) is 4.98 Å². The highest BCUT2D eigenvalue weighted by atomic mass is 16.2. The van der Waals surface area contributed by atoms with Crippen molar-refractivity contribution in [3.63, 3.8) is 0 Å². The van der Waals surface area contributed by atoms with Crippen molar-refractivity contribution in [1.82, 2.24) is 18.7 Å². The van der Waals surface area contributed by atoms with Gasteiger partial charge in [-0.05, 0) is 6.42 Å². The van der Waals surface area contributed by atoms with E-state index in [1.54, 1.807) is 11.6 Å². The third kappa shape index (κ3) is 1.59. The number of fused-ring (bicyclic) bond motifs is 1. The summed E-state index contributed by atoms with van der Waals surface area (Å²) in [6.07, 6.45) is 0.793. The van der Waals surface area contributed by atoms with Gasteiger partial charge in [-0.15, -0.1) is 0 Å². The normalized spacial score (nSPS) is 11.3. The van der Waals surface area contributed by atoms with E-state index in [-0.39, 0.29) is 17.8 Å². The van der Waals surface area contributed by atoms with Crippen LogP contribution < -0.4 is 17.0 Å². The van der Waals surface area contributed by atoms with E-state index in [1.165, 1.54) is 11.6 Å². The van der Waals surface area contributed by atoms with Gasteiger partial charge in [0.2, 0.25) is 0 Å². The Kier molecular flexibility index (Phi) is 3.08. The van der Waals surface area contributed by atoms with Crippen molar-refractivity contribution < 1.29 is 0 Å². The fraction of sp³-hybridized carbons (Fsp3) is 0.545. The van der Waals surface area contributed by atoms with E-state index < -0.39 is 0 Å². The molecule has 2 aromatic rings. The lowest BCUT2D eigenvalue weighted by Gasteiger charge is -2.07. The maximum absolute atomic E-state index is 12.1. The lowest BCUT2D eigenvalue weighted by Crippen LogP contribution is -2.38. The zero-order valence-electron chi connectivity index (χ0n) is 10.8. The van der Waals surface area contributed by atoms with Crippen molar-refractivity contribution in [1.29, 1.82) is 0 Å². The average molecular weight is 251 g/mol. The molecule has 0 spiro atoms. The summed E-state index contributed by atoms with van der Waals surface area (Å²) < 4.78 is 4.29. The number of hydrogen-bond donors (Lipinski definition) is 1. The summed E-state index contributed by atoms with van der Waals surface area (Å²) in [7, 11) is 3.21. The fourth-order valence-electron chi connectivity index (χ4n) is 2.08. The van der Waals surface area contributed by atoms with Crippen LogP contribution in [0, 0.1) is 0 Å². The van der Waals surface area contributed by atoms with Gasteiger partial charge in [0, 0.05) is 20.6 Å². The molecule has 0 aliphatic heterocycles. The second-order valence-electron chi connectivity index (χ2n) is 4.26. The first-order valence-electron chi connectivity index (χ1n) is 5.88. The number of imidazole rings is 1. The smallest absolute Gasteiger partial charge is 0.324 e. The van der Waals surface area contributed by atoms with Gasteiger partial charge in [-0.2, -0.15) is 0 Å². The molecule has 0 atom stereocenters. The van der Waals surface area contributed by atoms with Crippen molar-refractivity contribution in [3.05, 3.63) is 26.7 Å². The standard InChI is InChI=1S/C11H17N5O2/c1-4-5-16-9-8(10(17)15(3)11(16)18)14(2)7(6-12)13-9/h4-6,12H2,1-3H3. The van der Waals surface area contributed by atoms with Gasteiger partial charge in [-0.1, -0.05) is 6.92 Å². The molecular weight excluding hydrogens is 234 g/mol. The van der Waals surface area contributed by atoms with Crippen LogP contribution in [0.4, 0.5) is 0 Å². The Morgan fingerprint density at radius 2 is 1.89 bits per heavy atom. The van der Waals surface area contributed by atoms with Crippen LogP contribution in [0.2, 0.25) is 0 Å². The molecule has 2 N–H and O–H groups in total. The first-order chi connectivity index (χ1) is 8.52. The quantitative estimate of drug-likeness (QED) is 0.781. The molecule has 98 valence electrons. The molecular formula is C11H17N5O2. The van der Waals surface area contributed by atoms with Crippen molar-refractivity contribution in [2.24, 2.45) is 19.8 Å². The Labute approximate surface area is 103 Å². The molecule has 0 unspecified atom stereocenters. The Morgan fingerprint density at radius 3 is 2.44 bits per heavy atom. The molecule has 0 fully saturated rings. The van der Waals surface area contributed by atoms with Crippen LogP contribution in [0.15, 0.2) is 9.59 Å². The van der Waals surface area contributed by atoms with Gasteiger partial charge >= 0.3 is 5.69 Å². The molecule has 7 heteroatoms. The third-order valence-corrected chi connectivity index (χ3v) is 3.08. The van der Waals surface area contributed by atoms with Gasteiger partial charge in [-0.3, -0.25) is 13.9 Å². The molecule has 0 aliphatic carbocycles. The molecule has 0 saturated carbocycles. The van der Waals surface area contributed by atoms with Gasteiger partial charge in [0.15, 0.2) is 11.2 Å². The number of aromatic nitrogens is 4. The summed E-state index contributed by atoms with van der Waals surface area (Å²) in [6.45, 7) is 2.73. The minimum Gasteiger partial charge on any atom is -0.324 e. The Morgan fingerprint density at radius 1 is 1.22 bits per heavy atom. The van der Waals surface area contributed by atoms with Crippen LogP contribution >= 0.6 is 0 Å². The summed E-state index contributed by atoms with van der Waals surface area (Å²) in [5.74, 6) is 0.595. The van der Waals surface area contributed by atoms with Crippen LogP contribution in [0.25, 0.3) is 11.2 Å². The maximum Gasteiger partial charge on any atom is 0.332 e. The predicted octanol–water partition coefficient (Wildman–Crippen LogP) is -0.698. The number of nitrogens with zero attached hydrogens (tertiary/aromatic N) is 4. The van der Waals surface area contributed by atoms with Gasteiger partial charge in [0.25, 0.3) is 5.56 Å². The zero-order valence-corrected chi connectivity index (χ0v) is 10.8. The van der Waals surface area contributed by atoms with Crippen LogP contribution in [-0.2, 0) is 27.2 Å². The van der Waals surface area contributed by atoms with Crippen LogP contribution in [0.1, 0.15) is 19.2 Å². The monoisotopic (exact) mass is 251 g/mol. The molecule has 2 heterocycles.